The Morgan fingerprint density at radius 1 is 1.08 bits per heavy atom. The molecule has 0 saturated heterocycles. The summed E-state index contributed by atoms with van der Waals surface area (Å²) >= 11 is 0. The van der Waals surface area contributed by atoms with Gasteiger partial charge >= 0.3 is 0 Å². The Labute approximate surface area is 152 Å². The molecule has 0 aliphatic carbocycles. The number of aromatic nitrogens is 3. The topological polar surface area (TPSA) is 76.4 Å². The van der Waals surface area contributed by atoms with E-state index in [2.05, 4.69) is 39.6 Å². The third-order valence-corrected chi connectivity index (χ3v) is 3.93. The molecule has 0 bridgehead atoms. The van der Waals surface area contributed by atoms with Gasteiger partial charge in [0.15, 0.2) is 5.96 Å². The van der Waals surface area contributed by atoms with Gasteiger partial charge in [-0.2, -0.15) is 5.10 Å². The smallest absolute Gasteiger partial charge is 0.191 e. The van der Waals surface area contributed by atoms with Crippen molar-refractivity contribution >= 4 is 5.96 Å². The Hall–Kier alpha value is -1.63. The average molecular weight is 353 g/mol. The van der Waals surface area contributed by atoms with Crippen LogP contribution in [0.1, 0.15) is 64.6 Å². The van der Waals surface area contributed by atoms with Crippen LogP contribution in [-0.2, 0) is 18.3 Å². The summed E-state index contributed by atoms with van der Waals surface area (Å²) in [5, 5.41) is 10.6. The standard InChI is InChI=1S/C18H36N6O/c1-4-6-7-8-9-10-13-25-14-11-12-20-18(19-5-2)21-15-17-22-16-23-24(17)3/h16H,4-15H2,1-3H3,(H2,19,20,21). The summed E-state index contributed by atoms with van der Waals surface area (Å²) in [4.78, 5) is 8.71. The second-order valence-corrected chi connectivity index (χ2v) is 6.16. The monoisotopic (exact) mass is 352 g/mol. The fraction of sp³-hybridized carbons (Fsp3) is 0.833. The molecule has 0 fully saturated rings. The first-order valence-electron chi connectivity index (χ1n) is 9.70. The summed E-state index contributed by atoms with van der Waals surface area (Å²) < 4.78 is 7.43. The van der Waals surface area contributed by atoms with E-state index in [0.717, 1.165) is 44.5 Å². The van der Waals surface area contributed by atoms with Gasteiger partial charge in [0.05, 0.1) is 0 Å². The van der Waals surface area contributed by atoms with Crippen LogP contribution in [0.5, 0.6) is 0 Å². The highest BCUT2D eigenvalue weighted by molar-refractivity contribution is 5.79. The highest BCUT2D eigenvalue weighted by atomic mass is 16.5. The maximum absolute atomic E-state index is 5.69. The molecule has 0 radical (unpaired) electrons. The van der Waals surface area contributed by atoms with Crippen molar-refractivity contribution in [3.63, 3.8) is 0 Å². The second-order valence-electron chi connectivity index (χ2n) is 6.16. The fourth-order valence-electron chi connectivity index (χ4n) is 2.42. The lowest BCUT2D eigenvalue weighted by Crippen LogP contribution is -2.38. The highest BCUT2D eigenvalue weighted by Gasteiger charge is 2.01. The van der Waals surface area contributed by atoms with Gasteiger partial charge in [0.1, 0.15) is 18.7 Å². The lowest BCUT2D eigenvalue weighted by Gasteiger charge is -2.11. The maximum atomic E-state index is 5.69. The van der Waals surface area contributed by atoms with Crippen LogP contribution in [0.25, 0.3) is 0 Å². The Kier molecular flexibility index (Phi) is 12.6. The van der Waals surface area contributed by atoms with Crippen LogP contribution < -0.4 is 10.6 Å². The molecule has 2 N–H and O–H groups in total. The molecule has 1 aromatic rings. The predicted octanol–water partition coefficient (Wildman–Crippen LogP) is 2.64. The fourth-order valence-corrected chi connectivity index (χ4v) is 2.42. The third kappa shape index (κ3) is 10.8. The number of aliphatic imine (C=N–C) groups is 1. The van der Waals surface area contributed by atoms with Gasteiger partial charge in [-0.15, -0.1) is 0 Å². The van der Waals surface area contributed by atoms with Crippen LogP contribution in [0.15, 0.2) is 11.3 Å². The number of hydrogen-bond acceptors (Lipinski definition) is 4. The van der Waals surface area contributed by atoms with Crippen LogP contribution in [-0.4, -0.2) is 47.0 Å². The van der Waals surface area contributed by atoms with Crippen molar-refractivity contribution in [2.75, 3.05) is 26.3 Å². The molecule has 7 heteroatoms. The molecule has 0 aromatic carbocycles. The highest BCUT2D eigenvalue weighted by Crippen LogP contribution is 2.04. The number of rotatable bonds is 14. The number of aryl methyl sites for hydroxylation is 1. The lowest BCUT2D eigenvalue weighted by atomic mass is 10.1. The van der Waals surface area contributed by atoms with Gasteiger partial charge in [-0.1, -0.05) is 39.0 Å². The molecule has 0 unspecified atom stereocenters. The van der Waals surface area contributed by atoms with Gasteiger partial charge in [-0.25, -0.2) is 9.98 Å². The van der Waals surface area contributed by atoms with Crippen LogP contribution in [0.4, 0.5) is 0 Å². The molecule has 1 rings (SSSR count). The SMILES string of the molecule is CCCCCCCCOCCCNC(=NCc1ncnn1C)NCC. The molecule has 144 valence electrons. The number of guanidine groups is 1. The molecular weight excluding hydrogens is 316 g/mol. The lowest BCUT2D eigenvalue weighted by molar-refractivity contribution is 0.128. The molecule has 0 amide bonds. The largest absolute Gasteiger partial charge is 0.381 e. The van der Waals surface area contributed by atoms with E-state index in [1.165, 1.54) is 38.5 Å². The zero-order chi connectivity index (χ0) is 18.2. The summed E-state index contributed by atoms with van der Waals surface area (Å²) in [6, 6.07) is 0. The first-order chi connectivity index (χ1) is 12.3. The minimum Gasteiger partial charge on any atom is -0.381 e. The molecule has 0 aliphatic rings. The molecule has 0 aliphatic heterocycles. The van der Waals surface area contributed by atoms with Gasteiger partial charge < -0.3 is 15.4 Å². The Morgan fingerprint density at radius 3 is 2.56 bits per heavy atom. The predicted molar refractivity (Wildman–Crippen MR) is 103 cm³/mol. The zero-order valence-electron chi connectivity index (χ0n) is 16.3. The first kappa shape index (κ1) is 21.4. The minimum atomic E-state index is 0.514. The van der Waals surface area contributed by atoms with Crippen LogP contribution in [0, 0.1) is 0 Å². The molecule has 1 aromatic heterocycles. The van der Waals surface area contributed by atoms with Crippen LogP contribution in [0.2, 0.25) is 0 Å². The summed E-state index contributed by atoms with van der Waals surface area (Å²) in [6.07, 6.45) is 10.4. The number of nitrogens with one attached hydrogen (secondary N) is 2. The third-order valence-electron chi connectivity index (χ3n) is 3.93. The Morgan fingerprint density at radius 2 is 1.84 bits per heavy atom. The van der Waals surface area contributed by atoms with Crippen molar-refractivity contribution in [2.45, 2.75) is 65.3 Å². The van der Waals surface area contributed by atoms with Crippen LogP contribution >= 0.6 is 0 Å². The molecule has 0 atom stereocenters. The van der Waals surface area contributed by atoms with E-state index in [1.54, 1.807) is 11.0 Å². The molecular formula is C18H36N6O. The maximum Gasteiger partial charge on any atom is 0.191 e. The molecule has 25 heavy (non-hydrogen) atoms. The van der Waals surface area contributed by atoms with Crippen molar-refractivity contribution in [3.05, 3.63) is 12.2 Å². The number of hydrogen-bond donors (Lipinski definition) is 2. The van der Waals surface area contributed by atoms with E-state index in [1.807, 2.05) is 7.05 Å². The molecule has 1 heterocycles. The number of unbranched alkanes of at least 4 members (excludes halogenated alkanes) is 5. The Bertz CT molecular complexity index is 460. The summed E-state index contributed by atoms with van der Waals surface area (Å²) in [5.41, 5.74) is 0. The van der Waals surface area contributed by atoms with Gasteiger partial charge in [-0.05, 0) is 19.8 Å². The molecule has 0 spiro atoms. The second kappa shape index (κ2) is 14.7. The quantitative estimate of drug-likeness (QED) is 0.306. The summed E-state index contributed by atoms with van der Waals surface area (Å²) in [7, 11) is 1.87. The summed E-state index contributed by atoms with van der Waals surface area (Å²) in [6.45, 7) is 8.18. The first-order valence-corrected chi connectivity index (χ1v) is 9.70. The Balaban J connectivity index is 2.06. The number of nitrogens with zero attached hydrogens (tertiary/aromatic N) is 4. The van der Waals surface area contributed by atoms with Crippen molar-refractivity contribution in [1.82, 2.24) is 25.4 Å². The van der Waals surface area contributed by atoms with Crippen molar-refractivity contribution in [2.24, 2.45) is 12.0 Å². The van der Waals surface area contributed by atoms with Gasteiger partial charge in [0, 0.05) is 33.4 Å². The van der Waals surface area contributed by atoms with E-state index in [9.17, 15) is 0 Å². The van der Waals surface area contributed by atoms with Gasteiger partial charge in [0.2, 0.25) is 0 Å². The van der Waals surface area contributed by atoms with Crippen LogP contribution in [0.3, 0.4) is 0 Å². The minimum absolute atomic E-state index is 0.514. The van der Waals surface area contributed by atoms with Gasteiger partial charge in [-0.3, -0.25) is 4.68 Å². The van der Waals surface area contributed by atoms with E-state index in [0.29, 0.717) is 6.54 Å². The molecule has 0 saturated carbocycles. The van der Waals surface area contributed by atoms with Gasteiger partial charge in [0.25, 0.3) is 0 Å². The van der Waals surface area contributed by atoms with Crippen molar-refractivity contribution in [1.29, 1.82) is 0 Å². The normalized spacial score (nSPS) is 11.7. The molecule has 7 nitrogen and oxygen atoms in total. The average Bonchev–Trinajstić information content (AvgIpc) is 3.02. The van der Waals surface area contributed by atoms with E-state index >= 15 is 0 Å². The van der Waals surface area contributed by atoms with Crippen molar-refractivity contribution < 1.29 is 4.74 Å². The van der Waals surface area contributed by atoms with E-state index < -0.39 is 0 Å². The number of ether oxygens (including phenoxy) is 1. The summed E-state index contributed by atoms with van der Waals surface area (Å²) in [5.74, 6) is 1.65. The van der Waals surface area contributed by atoms with E-state index in [4.69, 9.17) is 4.74 Å². The zero-order valence-corrected chi connectivity index (χ0v) is 16.3. The van der Waals surface area contributed by atoms with Crippen molar-refractivity contribution in [3.8, 4) is 0 Å². The van der Waals surface area contributed by atoms with E-state index in [-0.39, 0.29) is 0 Å².